The maximum atomic E-state index is 12.1. The fourth-order valence-corrected chi connectivity index (χ4v) is 4.25. The number of hydrogen-bond donors (Lipinski definition) is 0. The van der Waals surface area contributed by atoms with Gasteiger partial charge in [-0.3, -0.25) is 14.3 Å². The predicted molar refractivity (Wildman–Crippen MR) is 129 cm³/mol. The van der Waals surface area contributed by atoms with Crippen LogP contribution in [-0.4, -0.2) is 44.7 Å². The molecule has 1 amide bonds. The lowest BCUT2D eigenvalue weighted by Crippen LogP contribution is -2.21. The molecule has 0 aliphatic carbocycles. The summed E-state index contributed by atoms with van der Waals surface area (Å²) in [4.78, 5) is 17.9. The van der Waals surface area contributed by atoms with Crippen LogP contribution in [0.1, 0.15) is 15.9 Å². The summed E-state index contributed by atoms with van der Waals surface area (Å²) >= 11 is 13.9. The molecule has 4 aromatic rings. The fourth-order valence-electron chi connectivity index (χ4n) is 3.05. The highest BCUT2D eigenvalue weighted by Crippen LogP contribution is 2.32. The molecule has 32 heavy (non-hydrogen) atoms. The van der Waals surface area contributed by atoms with Crippen LogP contribution in [0, 0.1) is 0 Å². The van der Waals surface area contributed by atoms with Gasteiger partial charge in [-0.05, 0) is 48.0 Å². The molecule has 0 aliphatic rings. The smallest absolute Gasteiger partial charge is 0.253 e. The summed E-state index contributed by atoms with van der Waals surface area (Å²) in [6.07, 6.45) is 3.46. The first-order valence-corrected chi connectivity index (χ1v) is 11.4. The zero-order valence-electron chi connectivity index (χ0n) is 17.4. The predicted octanol–water partition coefficient (Wildman–Crippen LogP) is 5.63. The molecule has 2 heterocycles. The third-order valence-electron chi connectivity index (χ3n) is 4.69. The number of amides is 1. The van der Waals surface area contributed by atoms with Crippen molar-refractivity contribution < 1.29 is 4.79 Å². The Bertz CT molecular complexity index is 1240. The maximum absolute atomic E-state index is 12.1. The van der Waals surface area contributed by atoms with Gasteiger partial charge >= 0.3 is 0 Å². The van der Waals surface area contributed by atoms with Crippen LogP contribution in [0.2, 0.25) is 10.0 Å². The fraction of sp³-hybridized carbons (Fsp3) is 0.130. The van der Waals surface area contributed by atoms with E-state index in [2.05, 4.69) is 15.2 Å². The molecular weight excluding hydrogens is 465 g/mol. The van der Waals surface area contributed by atoms with E-state index >= 15 is 0 Å². The topological polar surface area (TPSA) is 63.9 Å². The number of carbonyl (C=O) groups is 1. The quantitative estimate of drug-likeness (QED) is 0.332. The Balaban J connectivity index is 1.65. The minimum atomic E-state index is -0.0234. The molecule has 0 bridgehead atoms. The Labute approximate surface area is 200 Å². The van der Waals surface area contributed by atoms with Gasteiger partial charge in [0, 0.05) is 43.4 Å². The van der Waals surface area contributed by atoms with Gasteiger partial charge < -0.3 is 4.90 Å². The lowest BCUT2D eigenvalue weighted by atomic mass is 10.1. The number of carbonyl (C=O) groups excluding carboxylic acids is 1. The second kappa shape index (κ2) is 9.73. The summed E-state index contributed by atoms with van der Waals surface area (Å²) in [7, 11) is 3.48. The largest absolute Gasteiger partial charge is 0.345 e. The zero-order valence-corrected chi connectivity index (χ0v) is 19.7. The normalized spacial score (nSPS) is 10.9. The summed E-state index contributed by atoms with van der Waals surface area (Å²) in [6.45, 7) is 0. The Morgan fingerprint density at radius 1 is 1.03 bits per heavy atom. The number of halogens is 2. The van der Waals surface area contributed by atoms with Crippen LogP contribution in [0.15, 0.2) is 72.1 Å². The van der Waals surface area contributed by atoms with Crippen molar-refractivity contribution >= 4 is 40.9 Å². The minimum absolute atomic E-state index is 0.0234. The molecule has 2 aromatic carbocycles. The van der Waals surface area contributed by atoms with Crippen molar-refractivity contribution in [1.29, 1.82) is 0 Å². The number of rotatable bonds is 6. The van der Waals surface area contributed by atoms with E-state index in [-0.39, 0.29) is 5.91 Å². The van der Waals surface area contributed by atoms with Gasteiger partial charge in [0.15, 0.2) is 11.0 Å². The molecule has 0 atom stereocenters. The van der Waals surface area contributed by atoms with Crippen LogP contribution < -0.4 is 0 Å². The lowest BCUT2D eigenvalue weighted by Gasteiger charge is -2.12. The molecule has 162 valence electrons. The van der Waals surface area contributed by atoms with Crippen molar-refractivity contribution in [2.45, 2.75) is 10.9 Å². The summed E-state index contributed by atoms with van der Waals surface area (Å²) in [5, 5.41) is 10.5. The Morgan fingerprint density at radius 2 is 1.81 bits per heavy atom. The Kier molecular flexibility index (Phi) is 6.79. The number of nitrogens with zero attached hydrogens (tertiary/aromatic N) is 5. The van der Waals surface area contributed by atoms with Crippen molar-refractivity contribution in [3.63, 3.8) is 0 Å². The molecule has 0 spiro atoms. The van der Waals surface area contributed by atoms with Crippen LogP contribution >= 0.6 is 35.0 Å². The van der Waals surface area contributed by atoms with Crippen LogP contribution in [0.25, 0.3) is 17.1 Å². The van der Waals surface area contributed by atoms with E-state index in [4.69, 9.17) is 23.2 Å². The second-order valence-corrected chi connectivity index (χ2v) is 8.92. The van der Waals surface area contributed by atoms with Crippen molar-refractivity contribution in [3.8, 4) is 17.1 Å². The highest BCUT2D eigenvalue weighted by molar-refractivity contribution is 7.98. The minimum Gasteiger partial charge on any atom is -0.345 e. The third kappa shape index (κ3) is 4.80. The number of aromatic nitrogens is 4. The van der Waals surface area contributed by atoms with Gasteiger partial charge in [0.1, 0.15) is 0 Å². The summed E-state index contributed by atoms with van der Waals surface area (Å²) < 4.78 is 1.94. The SMILES string of the molecule is CN(C)C(=O)c1ccc(CSc2nnc(-c3cccnc3)n2-c2ccc(Cl)c(Cl)c2)cc1. The summed E-state index contributed by atoms with van der Waals surface area (Å²) in [5.74, 6) is 1.29. The molecule has 4 rings (SSSR count). The molecule has 0 radical (unpaired) electrons. The Hall–Kier alpha value is -2.87. The number of pyridine rings is 1. The standard InChI is InChI=1S/C23H19Cl2N5OS/c1-29(2)22(31)16-7-5-15(6-8-16)14-32-23-28-27-21(17-4-3-11-26-13-17)30(23)18-9-10-19(24)20(25)12-18/h3-13H,14H2,1-2H3. The first kappa shape index (κ1) is 22.3. The molecule has 0 unspecified atom stereocenters. The van der Waals surface area contributed by atoms with Crippen molar-refractivity contribution in [3.05, 3.63) is 88.2 Å². The highest BCUT2D eigenvalue weighted by Gasteiger charge is 2.17. The van der Waals surface area contributed by atoms with Gasteiger partial charge in [-0.1, -0.05) is 47.1 Å². The van der Waals surface area contributed by atoms with E-state index < -0.39 is 0 Å². The van der Waals surface area contributed by atoms with E-state index in [9.17, 15) is 4.79 Å². The van der Waals surface area contributed by atoms with E-state index in [1.807, 2.05) is 47.0 Å². The van der Waals surface area contributed by atoms with Crippen LogP contribution in [-0.2, 0) is 5.75 Å². The van der Waals surface area contributed by atoms with Crippen LogP contribution in [0.5, 0.6) is 0 Å². The monoisotopic (exact) mass is 483 g/mol. The van der Waals surface area contributed by atoms with Crippen molar-refractivity contribution in [1.82, 2.24) is 24.6 Å². The van der Waals surface area contributed by atoms with E-state index in [0.717, 1.165) is 16.8 Å². The van der Waals surface area contributed by atoms with E-state index in [1.165, 1.54) is 11.8 Å². The highest BCUT2D eigenvalue weighted by atomic mass is 35.5. The molecule has 6 nitrogen and oxygen atoms in total. The van der Waals surface area contributed by atoms with E-state index in [0.29, 0.717) is 32.3 Å². The molecule has 0 fully saturated rings. The number of benzene rings is 2. The first-order chi connectivity index (χ1) is 15.4. The molecular formula is C23H19Cl2N5OS. The van der Waals surface area contributed by atoms with Crippen LogP contribution in [0.4, 0.5) is 0 Å². The molecule has 0 aliphatic heterocycles. The number of hydrogen-bond acceptors (Lipinski definition) is 5. The molecule has 0 N–H and O–H groups in total. The molecule has 0 saturated heterocycles. The molecule has 9 heteroatoms. The van der Waals surface area contributed by atoms with Gasteiger partial charge in [-0.15, -0.1) is 10.2 Å². The van der Waals surface area contributed by atoms with Gasteiger partial charge in [0.05, 0.1) is 15.7 Å². The number of thioether (sulfide) groups is 1. The van der Waals surface area contributed by atoms with Gasteiger partial charge in [-0.25, -0.2) is 0 Å². The first-order valence-electron chi connectivity index (χ1n) is 9.68. The van der Waals surface area contributed by atoms with Crippen molar-refractivity contribution in [2.24, 2.45) is 0 Å². The maximum Gasteiger partial charge on any atom is 0.253 e. The van der Waals surface area contributed by atoms with Crippen LogP contribution in [0.3, 0.4) is 0 Å². The lowest BCUT2D eigenvalue weighted by molar-refractivity contribution is 0.0827. The summed E-state index contributed by atoms with van der Waals surface area (Å²) in [6, 6.07) is 16.8. The van der Waals surface area contributed by atoms with Gasteiger partial charge in [0.2, 0.25) is 0 Å². The van der Waals surface area contributed by atoms with Gasteiger partial charge in [-0.2, -0.15) is 0 Å². The Morgan fingerprint density at radius 3 is 2.47 bits per heavy atom. The molecule has 0 saturated carbocycles. The third-order valence-corrected chi connectivity index (χ3v) is 6.43. The summed E-state index contributed by atoms with van der Waals surface area (Å²) in [5.41, 5.74) is 3.36. The zero-order chi connectivity index (χ0) is 22.7. The average molecular weight is 484 g/mol. The second-order valence-electron chi connectivity index (χ2n) is 7.17. The van der Waals surface area contributed by atoms with Gasteiger partial charge in [0.25, 0.3) is 5.91 Å². The molecule has 2 aromatic heterocycles. The van der Waals surface area contributed by atoms with E-state index in [1.54, 1.807) is 43.5 Å². The average Bonchev–Trinajstić information content (AvgIpc) is 3.24. The van der Waals surface area contributed by atoms with Crippen molar-refractivity contribution in [2.75, 3.05) is 14.1 Å².